The lowest BCUT2D eigenvalue weighted by atomic mass is 10.1. The Morgan fingerprint density at radius 2 is 1.71 bits per heavy atom. The van der Waals surface area contributed by atoms with E-state index in [1.54, 1.807) is 26.0 Å². The molecular formula is C16H16BrNO2S. The van der Waals surface area contributed by atoms with Gasteiger partial charge >= 0.3 is 0 Å². The first-order valence-electron chi connectivity index (χ1n) is 6.35. The highest BCUT2D eigenvalue weighted by molar-refractivity contribution is 9.10. The fraction of sp³-hybridized carbons (Fsp3) is 0.188. The lowest BCUT2D eigenvalue weighted by Crippen LogP contribution is -2.05. The van der Waals surface area contributed by atoms with Gasteiger partial charge in [-0.15, -0.1) is 11.8 Å². The van der Waals surface area contributed by atoms with E-state index in [4.69, 9.17) is 9.57 Å². The van der Waals surface area contributed by atoms with Gasteiger partial charge in [-0.3, -0.25) is 0 Å². The normalized spacial score (nSPS) is 11.3. The second-order valence-electron chi connectivity index (χ2n) is 4.19. The highest BCUT2D eigenvalue weighted by Gasteiger charge is 2.06. The van der Waals surface area contributed by atoms with Gasteiger partial charge in [0.05, 0.1) is 12.8 Å². The molecule has 0 aliphatic heterocycles. The third-order valence-corrected chi connectivity index (χ3v) is 4.37. The van der Waals surface area contributed by atoms with Gasteiger partial charge in [0.2, 0.25) is 0 Å². The number of methoxy groups -OCH3 is 1. The van der Waals surface area contributed by atoms with Gasteiger partial charge in [0.25, 0.3) is 0 Å². The van der Waals surface area contributed by atoms with Crippen LogP contribution >= 0.6 is 27.7 Å². The number of ether oxygens (including phenoxy) is 1. The molecule has 0 bridgehead atoms. The molecule has 2 aromatic rings. The molecule has 0 atom stereocenters. The van der Waals surface area contributed by atoms with E-state index in [2.05, 4.69) is 33.2 Å². The molecule has 2 rings (SSSR count). The van der Waals surface area contributed by atoms with Crippen LogP contribution < -0.4 is 4.74 Å². The Bertz CT molecular complexity index is 597. The first-order valence-corrected chi connectivity index (χ1v) is 8.13. The molecule has 0 heterocycles. The molecule has 5 heteroatoms. The lowest BCUT2D eigenvalue weighted by molar-refractivity contribution is 0.213. The SMILES string of the molecule is CO/N=C(/CSc1ccc(Br)cc1)c1ccc(OC)cc1. The third kappa shape index (κ3) is 4.79. The van der Waals surface area contributed by atoms with E-state index < -0.39 is 0 Å². The van der Waals surface area contributed by atoms with Gasteiger partial charge in [0.15, 0.2) is 0 Å². The topological polar surface area (TPSA) is 30.8 Å². The molecule has 0 aliphatic rings. The predicted molar refractivity (Wildman–Crippen MR) is 91.4 cm³/mol. The van der Waals surface area contributed by atoms with Crippen molar-refractivity contribution in [2.75, 3.05) is 20.0 Å². The van der Waals surface area contributed by atoms with E-state index in [1.807, 2.05) is 36.4 Å². The Morgan fingerprint density at radius 3 is 2.29 bits per heavy atom. The van der Waals surface area contributed by atoms with Crippen LogP contribution in [0.15, 0.2) is 63.1 Å². The Morgan fingerprint density at radius 1 is 1.05 bits per heavy atom. The molecule has 0 radical (unpaired) electrons. The first-order chi connectivity index (χ1) is 10.2. The molecule has 2 aromatic carbocycles. The standard InChI is InChI=1S/C16H16BrNO2S/c1-19-14-7-3-12(4-8-14)16(18-20-2)11-21-15-9-5-13(17)6-10-15/h3-10H,11H2,1-2H3/b18-16-. The van der Waals surface area contributed by atoms with Crippen molar-refractivity contribution >= 4 is 33.4 Å². The van der Waals surface area contributed by atoms with Crippen LogP contribution in [0.2, 0.25) is 0 Å². The summed E-state index contributed by atoms with van der Waals surface area (Å²) in [4.78, 5) is 6.15. The van der Waals surface area contributed by atoms with Gasteiger partial charge in [-0.25, -0.2) is 0 Å². The van der Waals surface area contributed by atoms with Crippen molar-refractivity contribution in [2.45, 2.75) is 4.90 Å². The summed E-state index contributed by atoms with van der Waals surface area (Å²) in [5.74, 6) is 1.57. The van der Waals surface area contributed by atoms with Crippen LogP contribution in [0.25, 0.3) is 0 Å². The quantitative estimate of drug-likeness (QED) is 0.425. The number of hydrogen-bond donors (Lipinski definition) is 0. The van der Waals surface area contributed by atoms with Crippen LogP contribution in [0.4, 0.5) is 0 Å². The molecule has 0 saturated heterocycles. The van der Waals surface area contributed by atoms with E-state index in [0.29, 0.717) is 0 Å². The third-order valence-electron chi connectivity index (χ3n) is 2.81. The second-order valence-corrected chi connectivity index (χ2v) is 6.16. The van der Waals surface area contributed by atoms with Crippen molar-refractivity contribution in [3.8, 4) is 5.75 Å². The van der Waals surface area contributed by atoms with Crippen LogP contribution in [0.5, 0.6) is 5.75 Å². The molecule has 0 saturated carbocycles. The van der Waals surface area contributed by atoms with Gasteiger partial charge in [-0.1, -0.05) is 21.1 Å². The number of oxime groups is 1. The van der Waals surface area contributed by atoms with Crippen molar-refractivity contribution in [2.24, 2.45) is 5.16 Å². The van der Waals surface area contributed by atoms with Gasteiger partial charge in [0, 0.05) is 20.7 Å². The minimum absolute atomic E-state index is 0.738. The summed E-state index contributed by atoms with van der Waals surface area (Å²) in [7, 11) is 3.22. The van der Waals surface area contributed by atoms with Crippen molar-refractivity contribution in [3.05, 3.63) is 58.6 Å². The fourth-order valence-corrected chi connectivity index (χ4v) is 2.85. The Labute approximate surface area is 137 Å². The zero-order valence-electron chi connectivity index (χ0n) is 11.9. The number of benzene rings is 2. The molecular weight excluding hydrogens is 350 g/mol. The van der Waals surface area contributed by atoms with Crippen molar-refractivity contribution < 1.29 is 9.57 Å². The molecule has 0 N–H and O–H groups in total. The number of halogens is 1. The molecule has 110 valence electrons. The molecule has 0 aliphatic carbocycles. The maximum Gasteiger partial charge on any atom is 0.118 e. The molecule has 21 heavy (non-hydrogen) atoms. The average molecular weight is 366 g/mol. The summed E-state index contributed by atoms with van der Waals surface area (Å²) in [6.45, 7) is 0. The monoisotopic (exact) mass is 365 g/mol. The van der Waals surface area contributed by atoms with E-state index in [-0.39, 0.29) is 0 Å². The summed E-state index contributed by atoms with van der Waals surface area (Å²) in [5, 5.41) is 4.13. The maximum atomic E-state index is 5.17. The average Bonchev–Trinajstić information content (AvgIpc) is 2.53. The van der Waals surface area contributed by atoms with Crippen LogP contribution in [-0.4, -0.2) is 25.7 Å². The number of rotatable bonds is 6. The van der Waals surface area contributed by atoms with E-state index in [1.165, 1.54) is 4.90 Å². The van der Waals surface area contributed by atoms with Gasteiger partial charge in [-0.2, -0.15) is 0 Å². The zero-order valence-corrected chi connectivity index (χ0v) is 14.3. The maximum absolute atomic E-state index is 5.17. The number of hydrogen-bond acceptors (Lipinski definition) is 4. The Hall–Kier alpha value is -1.46. The number of thioether (sulfide) groups is 1. The van der Waals surface area contributed by atoms with Gasteiger partial charge < -0.3 is 9.57 Å². The van der Waals surface area contributed by atoms with Crippen LogP contribution in [0.1, 0.15) is 5.56 Å². The highest BCUT2D eigenvalue weighted by Crippen LogP contribution is 2.22. The molecule has 3 nitrogen and oxygen atoms in total. The molecule has 0 unspecified atom stereocenters. The Balaban J connectivity index is 2.08. The van der Waals surface area contributed by atoms with Crippen molar-refractivity contribution in [1.82, 2.24) is 0 Å². The lowest BCUT2D eigenvalue weighted by Gasteiger charge is -2.07. The minimum atomic E-state index is 0.738. The summed E-state index contributed by atoms with van der Waals surface area (Å²) >= 11 is 5.15. The van der Waals surface area contributed by atoms with E-state index in [0.717, 1.165) is 27.3 Å². The van der Waals surface area contributed by atoms with Crippen LogP contribution in [-0.2, 0) is 4.84 Å². The van der Waals surface area contributed by atoms with E-state index in [9.17, 15) is 0 Å². The summed E-state index contributed by atoms with van der Waals surface area (Å²) in [6.07, 6.45) is 0. The molecule has 0 aromatic heterocycles. The van der Waals surface area contributed by atoms with Gasteiger partial charge in [-0.05, 0) is 48.5 Å². The Kier molecular flexibility index (Phi) is 6.14. The predicted octanol–water partition coefficient (Wildman–Crippen LogP) is 4.60. The van der Waals surface area contributed by atoms with Crippen LogP contribution in [0, 0.1) is 0 Å². The number of nitrogens with zero attached hydrogens (tertiary/aromatic N) is 1. The second kappa shape index (κ2) is 8.10. The zero-order chi connectivity index (χ0) is 15.1. The van der Waals surface area contributed by atoms with E-state index >= 15 is 0 Å². The van der Waals surface area contributed by atoms with Crippen molar-refractivity contribution in [1.29, 1.82) is 0 Å². The largest absolute Gasteiger partial charge is 0.497 e. The highest BCUT2D eigenvalue weighted by atomic mass is 79.9. The first kappa shape index (κ1) is 15.9. The summed E-state index contributed by atoms with van der Waals surface area (Å²) in [6, 6.07) is 16.0. The fourth-order valence-electron chi connectivity index (χ4n) is 1.74. The minimum Gasteiger partial charge on any atom is -0.497 e. The summed E-state index contributed by atoms with van der Waals surface area (Å²) < 4.78 is 6.25. The van der Waals surface area contributed by atoms with Crippen molar-refractivity contribution in [3.63, 3.8) is 0 Å². The smallest absolute Gasteiger partial charge is 0.118 e. The molecule has 0 amide bonds. The van der Waals surface area contributed by atoms with Crippen LogP contribution in [0.3, 0.4) is 0 Å². The summed E-state index contributed by atoms with van der Waals surface area (Å²) in [5.41, 5.74) is 1.93. The molecule has 0 spiro atoms. The van der Waals surface area contributed by atoms with Gasteiger partial charge in [0.1, 0.15) is 12.9 Å². The molecule has 0 fully saturated rings.